The maximum Gasteiger partial charge on any atom is 0.305 e. The minimum Gasteiger partial charge on any atom is -0.466 e. The first-order valence-electron chi connectivity index (χ1n) is 9.23. The van der Waals surface area contributed by atoms with Gasteiger partial charge in [-0.2, -0.15) is 0 Å². The van der Waals surface area contributed by atoms with Gasteiger partial charge in [-0.05, 0) is 51.9 Å². The molecule has 0 atom stereocenters. The summed E-state index contributed by atoms with van der Waals surface area (Å²) in [5, 5.41) is 0. The van der Waals surface area contributed by atoms with E-state index in [0.29, 0.717) is 13.0 Å². The highest BCUT2D eigenvalue weighted by atomic mass is 16.5. The zero-order chi connectivity index (χ0) is 17.7. The number of ether oxygens (including phenoxy) is 1. The zero-order valence-electron chi connectivity index (χ0n) is 15.5. The second-order valence-electron chi connectivity index (χ2n) is 5.42. The number of carbonyl (C=O) groups excluding carboxylic acids is 1. The molecule has 0 heterocycles. The molecular formula is C22H34O2. The normalized spacial score (nSPS) is 12.6. The molecule has 134 valence electrons. The van der Waals surface area contributed by atoms with Gasteiger partial charge in [-0.15, -0.1) is 0 Å². The van der Waals surface area contributed by atoms with Crippen molar-refractivity contribution in [1.29, 1.82) is 0 Å². The third-order valence-corrected chi connectivity index (χ3v) is 3.22. The van der Waals surface area contributed by atoms with E-state index >= 15 is 0 Å². The van der Waals surface area contributed by atoms with E-state index < -0.39 is 0 Å². The molecule has 0 fully saturated rings. The molecule has 0 bridgehead atoms. The first-order valence-corrected chi connectivity index (χ1v) is 9.23. The highest BCUT2D eigenvalue weighted by molar-refractivity contribution is 5.69. The van der Waals surface area contributed by atoms with Gasteiger partial charge in [-0.3, -0.25) is 4.79 Å². The van der Waals surface area contributed by atoms with Gasteiger partial charge in [0.2, 0.25) is 0 Å². The van der Waals surface area contributed by atoms with Gasteiger partial charge in [0.25, 0.3) is 0 Å². The molecule has 0 aromatic heterocycles. The molecule has 0 aliphatic heterocycles. The van der Waals surface area contributed by atoms with Crippen molar-refractivity contribution in [2.24, 2.45) is 0 Å². The van der Waals surface area contributed by atoms with E-state index in [1.54, 1.807) is 0 Å². The van der Waals surface area contributed by atoms with Crippen LogP contribution in [0.4, 0.5) is 0 Å². The summed E-state index contributed by atoms with van der Waals surface area (Å²) in [5.41, 5.74) is 0. The van der Waals surface area contributed by atoms with Crippen LogP contribution in [0.3, 0.4) is 0 Å². The van der Waals surface area contributed by atoms with Crippen molar-refractivity contribution in [3.05, 3.63) is 60.8 Å². The summed E-state index contributed by atoms with van der Waals surface area (Å²) in [4.78, 5) is 11.1. The summed E-state index contributed by atoms with van der Waals surface area (Å²) in [6, 6.07) is 0. The van der Waals surface area contributed by atoms with Crippen LogP contribution in [0.15, 0.2) is 60.8 Å². The van der Waals surface area contributed by atoms with Crippen molar-refractivity contribution >= 4 is 5.97 Å². The molecule has 0 aliphatic carbocycles. The average molecular weight is 331 g/mol. The molecule has 0 saturated heterocycles. The van der Waals surface area contributed by atoms with Crippen molar-refractivity contribution in [2.45, 2.75) is 65.2 Å². The van der Waals surface area contributed by atoms with Crippen LogP contribution >= 0.6 is 0 Å². The third kappa shape index (κ3) is 18.2. The molecule has 2 nitrogen and oxygen atoms in total. The van der Waals surface area contributed by atoms with Gasteiger partial charge < -0.3 is 4.74 Å². The number of hydrogen-bond donors (Lipinski definition) is 0. The lowest BCUT2D eigenvalue weighted by Crippen LogP contribution is -2.02. The van der Waals surface area contributed by atoms with Crippen LogP contribution in [0.1, 0.15) is 65.2 Å². The Morgan fingerprint density at radius 2 is 1.38 bits per heavy atom. The highest BCUT2D eigenvalue weighted by Gasteiger charge is 1.98. The van der Waals surface area contributed by atoms with E-state index in [2.05, 4.69) is 67.7 Å². The number of rotatable bonds is 14. The van der Waals surface area contributed by atoms with E-state index in [4.69, 9.17) is 4.74 Å². The van der Waals surface area contributed by atoms with Gasteiger partial charge in [-0.1, -0.05) is 67.7 Å². The number of esters is 1. The molecule has 0 aliphatic rings. The first-order chi connectivity index (χ1) is 11.8. The van der Waals surface area contributed by atoms with Crippen molar-refractivity contribution < 1.29 is 9.53 Å². The minimum atomic E-state index is -0.0899. The molecular weight excluding hydrogens is 296 g/mol. The van der Waals surface area contributed by atoms with Crippen molar-refractivity contribution in [3.63, 3.8) is 0 Å². The number of unbranched alkanes of at least 4 members (excludes halogenated alkanes) is 2. The summed E-state index contributed by atoms with van der Waals surface area (Å²) in [5.74, 6) is -0.0899. The Labute approximate surface area is 148 Å². The lowest BCUT2D eigenvalue weighted by atomic mass is 10.2. The highest BCUT2D eigenvalue weighted by Crippen LogP contribution is 2.01. The standard InChI is InChI=1S/C22H34O2/c1-3-5-6-7-8-9-10-11-12-13-14-15-16-17-18-19-20-21-22(23)24-4-2/h5-6,8-9,11-14,17-18H,3-4,7,10,15-16,19-21H2,1-2H3/b6-5+,9-8+,12-11+,14-13+,18-17+. The predicted molar refractivity (Wildman–Crippen MR) is 105 cm³/mol. The van der Waals surface area contributed by atoms with Crippen molar-refractivity contribution in [2.75, 3.05) is 6.61 Å². The van der Waals surface area contributed by atoms with Crippen LogP contribution in [0.5, 0.6) is 0 Å². The van der Waals surface area contributed by atoms with Crippen molar-refractivity contribution in [3.8, 4) is 0 Å². The van der Waals surface area contributed by atoms with Gasteiger partial charge in [0.05, 0.1) is 6.61 Å². The topological polar surface area (TPSA) is 26.3 Å². The van der Waals surface area contributed by atoms with E-state index in [9.17, 15) is 4.79 Å². The molecule has 0 N–H and O–H groups in total. The number of carbonyl (C=O) groups is 1. The molecule has 0 rings (SSSR count). The van der Waals surface area contributed by atoms with Crippen LogP contribution in [-0.4, -0.2) is 12.6 Å². The Bertz CT molecular complexity index is 425. The van der Waals surface area contributed by atoms with Crippen LogP contribution < -0.4 is 0 Å². The van der Waals surface area contributed by atoms with Gasteiger partial charge in [-0.25, -0.2) is 0 Å². The zero-order valence-corrected chi connectivity index (χ0v) is 15.5. The predicted octanol–water partition coefficient (Wildman–Crippen LogP) is 6.47. The second kappa shape index (κ2) is 19.2. The Morgan fingerprint density at radius 1 is 0.750 bits per heavy atom. The summed E-state index contributed by atoms with van der Waals surface area (Å²) in [6.45, 7) is 4.46. The average Bonchev–Trinajstić information content (AvgIpc) is 2.58. The lowest BCUT2D eigenvalue weighted by Gasteiger charge is -1.98. The van der Waals surface area contributed by atoms with Crippen LogP contribution in [-0.2, 0) is 9.53 Å². The first kappa shape index (κ1) is 22.2. The SMILES string of the molecule is CC/C=C/C/C=C/C/C=C/C=C/CC/C=C/CCCC(=O)OCC. The maximum absolute atomic E-state index is 11.1. The van der Waals surface area contributed by atoms with Gasteiger partial charge in [0.1, 0.15) is 0 Å². The second-order valence-corrected chi connectivity index (χ2v) is 5.42. The van der Waals surface area contributed by atoms with Gasteiger partial charge in [0.15, 0.2) is 0 Å². The number of allylic oxidation sites excluding steroid dienone is 10. The fraction of sp³-hybridized carbons (Fsp3) is 0.500. The molecule has 0 unspecified atom stereocenters. The number of hydrogen-bond acceptors (Lipinski definition) is 2. The van der Waals surface area contributed by atoms with E-state index in [1.165, 1.54) is 0 Å². The molecule has 0 spiro atoms. The van der Waals surface area contributed by atoms with Gasteiger partial charge >= 0.3 is 5.97 Å². The Morgan fingerprint density at radius 3 is 2.12 bits per heavy atom. The summed E-state index contributed by atoms with van der Waals surface area (Å²) < 4.78 is 4.89. The van der Waals surface area contributed by atoms with Crippen LogP contribution in [0.2, 0.25) is 0 Å². The molecule has 0 aromatic carbocycles. The van der Waals surface area contributed by atoms with Gasteiger partial charge in [0, 0.05) is 6.42 Å². The summed E-state index contributed by atoms with van der Waals surface area (Å²) >= 11 is 0. The molecule has 0 saturated carbocycles. The van der Waals surface area contributed by atoms with Crippen molar-refractivity contribution in [1.82, 2.24) is 0 Å². The van der Waals surface area contributed by atoms with E-state index in [-0.39, 0.29) is 5.97 Å². The van der Waals surface area contributed by atoms with E-state index in [0.717, 1.165) is 44.9 Å². The molecule has 0 amide bonds. The smallest absolute Gasteiger partial charge is 0.305 e. The fourth-order valence-electron chi connectivity index (χ4n) is 1.97. The Balaban J connectivity index is 3.48. The van der Waals surface area contributed by atoms with Crippen LogP contribution in [0, 0.1) is 0 Å². The quantitative estimate of drug-likeness (QED) is 0.158. The fourth-order valence-corrected chi connectivity index (χ4v) is 1.97. The monoisotopic (exact) mass is 330 g/mol. The largest absolute Gasteiger partial charge is 0.466 e. The Kier molecular flexibility index (Phi) is 17.8. The molecule has 0 radical (unpaired) electrons. The lowest BCUT2D eigenvalue weighted by molar-refractivity contribution is -0.143. The molecule has 0 aromatic rings. The Hall–Kier alpha value is -1.83. The van der Waals surface area contributed by atoms with Crippen LogP contribution in [0.25, 0.3) is 0 Å². The van der Waals surface area contributed by atoms with E-state index in [1.807, 2.05) is 6.92 Å². The maximum atomic E-state index is 11.1. The molecule has 2 heteroatoms. The summed E-state index contributed by atoms with van der Waals surface area (Å²) in [7, 11) is 0. The summed E-state index contributed by atoms with van der Waals surface area (Å²) in [6.07, 6.45) is 29.3. The minimum absolute atomic E-state index is 0.0899. The molecule has 24 heavy (non-hydrogen) atoms. The third-order valence-electron chi connectivity index (χ3n) is 3.22.